The SMILES string of the molecule is COC(=O)c1sc(-c2ccc(OCC(N)=O)cc2)cc1NC(=O)C(=O)O. The molecule has 2 rings (SSSR count). The van der Waals surface area contributed by atoms with Gasteiger partial charge in [0, 0.05) is 4.88 Å². The molecule has 1 heterocycles. The fourth-order valence-corrected chi connectivity index (χ4v) is 2.95. The van der Waals surface area contributed by atoms with Crippen LogP contribution in [0.2, 0.25) is 0 Å². The Morgan fingerprint density at radius 2 is 1.85 bits per heavy atom. The second-order valence-corrected chi connectivity index (χ2v) is 5.94. The summed E-state index contributed by atoms with van der Waals surface area (Å²) in [5.74, 6) is -3.83. The van der Waals surface area contributed by atoms with E-state index in [2.05, 4.69) is 10.1 Å². The number of thiophene rings is 1. The summed E-state index contributed by atoms with van der Waals surface area (Å²) in [6.45, 7) is -0.254. The summed E-state index contributed by atoms with van der Waals surface area (Å²) < 4.78 is 9.80. The van der Waals surface area contributed by atoms with Crippen LogP contribution in [0.25, 0.3) is 10.4 Å². The Bertz CT molecular complexity index is 858. The van der Waals surface area contributed by atoms with Crippen molar-refractivity contribution in [3.63, 3.8) is 0 Å². The predicted octanol–water partition coefficient (Wildman–Crippen LogP) is 1.09. The van der Waals surface area contributed by atoms with E-state index in [1.54, 1.807) is 24.3 Å². The van der Waals surface area contributed by atoms with Crippen molar-refractivity contribution < 1.29 is 33.8 Å². The molecule has 0 bridgehead atoms. The van der Waals surface area contributed by atoms with E-state index in [4.69, 9.17) is 15.6 Å². The zero-order chi connectivity index (χ0) is 19.3. The summed E-state index contributed by atoms with van der Waals surface area (Å²) in [7, 11) is 1.18. The summed E-state index contributed by atoms with van der Waals surface area (Å²) in [6.07, 6.45) is 0. The summed E-state index contributed by atoms with van der Waals surface area (Å²) in [4.78, 5) is 45.3. The van der Waals surface area contributed by atoms with Gasteiger partial charge in [-0.05, 0) is 35.9 Å². The Balaban J connectivity index is 2.30. The molecule has 0 aliphatic rings. The Hall–Kier alpha value is -3.40. The Morgan fingerprint density at radius 3 is 2.38 bits per heavy atom. The number of nitrogens with two attached hydrogens (primary N) is 1. The Kier molecular flexibility index (Phi) is 5.91. The lowest BCUT2D eigenvalue weighted by Gasteiger charge is -2.04. The van der Waals surface area contributed by atoms with Crippen molar-refractivity contribution in [1.82, 2.24) is 0 Å². The van der Waals surface area contributed by atoms with Crippen LogP contribution >= 0.6 is 11.3 Å². The molecule has 0 radical (unpaired) electrons. The molecule has 0 aliphatic heterocycles. The maximum atomic E-state index is 11.9. The molecular weight excluding hydrogens is 364 g/mol. The molecule has 0 saturated heterocycles. The molecule has 0 aliphatic carbocycles. The van der Waals surface area contributed by atoms with E-state index in [0.29, 0.717) is 16.2 Å². The molecule has 0 atom stereocenters. The molecule has 2 amide bonds. The number of methoxy groups -OCH3 is 1. The minimum Gasteiger partial charge on any atom is -0.484 e. The number of benzene rings is 1. The molecule has 26 heavy (non-hydrogen) atoms. The number of rotatable bonds is 6. The molecule has 1 aromatic heterocycles. The summed E-state index contributed by atoms with van der Waals surface area (Å²) >= 11 is 1.03. The third kappa shape index (κ3) is 4.57. The normalized spacial score (nSPS) is 10.0. The van der Waals surface area contributed by atoms with Crippen LogP contribution < -0.4 is 15.8 Å². The smallest absolute Gasteiger partial charge is 0.394 e. The summed E-state index contributed by atoms with van der Waals surface area (Å²) in [5.41, 5.74) is 5.72. The van der Waals surface area contributed by atoms with Gasteiger partial charge < -0.3 is 25.6 Å². The number of hydrogen-bond acceptors (Lipinski definition) is 7. The lowest BCUT2D eigenvalue weighted by molar-refractivity contribution is -0.147. The molecule has 2 aromatic rings. The van der Waals surface area contributed by atoms with Crippen LogP contribution in [0.5, 0.6) is 5.75 Å². The fraction of sp³-hybridized carbons (Fsp3) is 0.125. The molecular formula is C16H14N2O7S. The van der Waals surface area contributed by atoms with E-state index in [1.807, 2.05) is 0 Å². The van der Waals surface area contributed by atoms with Gasteiger partial charge >= 0.3 is 17.8 Å². The molecule has 10 heteroatoms. The van der Waals surface area contributed by atoms with Gasteiger partial charge in [-0.1, -0.05) is 0 Å². The molecule has 0 fully saturated rings. The third-order valence-corrected chi connectivity index (χ3v) is 4.23. The quantitative estimate of drug-likeness (QED) is 0.504. The lowest BCUT2D eigenvalue weighted by Crippen LogP contribution is -2.22. The Morgan fingerprint density at radius 1 is 1.19 bits per heavy atom. The van der Waals surface area contributed by atoms with E-state index in [9.17, 15) is 19.2 Å². The van der Waals surface area contributed by atoms with Crippen molar-refractivity contribution in [2.75, 3.05) is 19.0 Å². The van der Waals surface area contributed by atoms with Gasteiger partial charge in [0.2, 0.25) is 0 Å². The number of carbonyl (C=O) groups is 4. The van der Waals surface area contributed by atoms with Crippen LogP contribution in [0, 0.1) is 0 Å². The van der Waals surface area contributed by atoms with Crippen molar-refractivity contribution in [3.05, 3.63) is 35.2 Å². The van der Waals surface area contributed by atoms with Crippen molar-refractivity contribution >= 4 is 40.8 Å². The largest absolute Gasteiger partial charge is 0.484 e. The lowest BCUT2D eigenvalue weighted by atomic mass is 10.2. The van der Waals surface area contributed by atoms with E-state index in [1.165, 1.54) is 13.2 Å². The van der Waals surface area contributed by atoms with Crippen molar-refractivity contribution in [2.24, 2.45) is 5.73 Å². The molecule has 9 nitrogen and oxygen atoms in total. The van der Waals surface area contributed by atoms with Gasteiger partial charge in [-0.25, -0.2) is 9.59 Å². The minimum atomic E-state index is -1.68. The van der Waals surface area contributed by atoms with Gasteiger partial charge in [0.05, 0.1) is 12.8 Å². The molecule has 136 valence electrons. The highest BCUT2D eigenvalue weighted by Gasteiger charge is 2.21. The number of carboxylic acids is 1. The van der Waals surface area contributed by atoms with Crippen LogP contribution in [-0.2, 0) is 19.1 Å². The predicted molar refractivity (Wildman–Crippen MR) is 92.0 cm³/mol. The number of nitrogens with one attached hydrogen (secondary N) is 1. The molecule has 0 saturated carbocycles. The molecule has 0 unspecified atom stereocenters. The highest BCUT2D eigenvalue weighted by molar-refractivity contribution is 7.18. The van der Waals surface area contributed by atoms with Crippen molar-refractivity contribution in [1.29, 1.82) is 0 Å². The Labute approximate surface area is 151 Å². The van der Waals surface area contributed by atoms with Crippen LogP contribution in [0.15, 0.2) is 30.3 Å². The van der Waals surface area contributed by atoms with Gasteiger partial charge in [0.25, 0.3) is 5.91 Å². The number of carboxylic acid groups (broad SMARTS) is 1. The number of anilines is 1. The van der Waals surface area contributed by atoms with Crippen molar-refractivity contribution in [2.45, 2.75) is 0 Å². The number of hydrogen-bond donors (Lipinski definition) is 3. The van der Waals surface area contributed by atoms with E-state index in [0.717, 1.165) is 11.3 Å². The van der Waals surface area contributed by atoms with Crippen LogP contribution in [-0.4, -0.2) is 42.6 Å². The van der Waals surface area contributed by atoms with Gasteiger partial charge in [0.1, 0.15) is 10.6 Å². The number of amides is 2. The van der Waals surface area contributed by atoms with Crippen molar-refractivity contribution in [3.8, 4) is 16.2 Å². The number of aliphatic carboxylic acids is 1. The first-order valence-electron chi connectivity index (χ1n) is 7.09. The summed E-state index contributed by atoms with van der Waals surface area (Å²) in [5, 5.41) is 10.9. The standard InChI is InChI=1S/C16H14N2O7S/c1-24-16(23)13-10(18-14(20)15(21)22)6-11(26-13)8-2-4-9(5-3-8)25-7-12(17)19/h2-6H,7H2,1H3,(H2,17,19)(H,18,20)(H,21,22). The third-order valence-electron chi connectivity index (χ3n) is 3.07. The number of esters is 1. The zero-order valence-electron chi connectivity index (χ0n) is 13.5. The van der Waals surface area contributed by atoms with E-state index < -0.39 is 23.8 Å². The summed E-state index contributed by atoms with van der Waals surface area (Å²) in [6, 6.07) is 8.02. The first kappa shape index (κ1) is 18.9. The topological polar surface area (TPSA) is 145 Å². The number of carbonyl (C=O) groups excluding carboxylic acids is 3. The highest BCUT2D eigenvalue weighted by Crippen LogP contribution is 2.36. The maximum absolute atomic E-state index is 11.9. The second kappa shape index (κ2) is 8.12. The number of ether oxygens (including phenoxy) is 2. The van der Waals surface area contributed by atoms with E-state index >= 15 is 0 Å². The van der Waals surface area contributed by atoms with Crippen LogP contribution in [0.4, 0.5) is 5.69 Å². The van der Waals surface area contributed by atoms with Gasteiger partial charge in [-0.3, -0.25) is 9.59 Å². The molecule has 4 N–H and O–H groups in total. The highest BCUT2D eigenvalue weighted by atomic mass is 32.1. The minimum absolute atomic E-state index is 0.0401. The maximum Gasteiger partial charge on any atom is 0.394 e. The zero-order valence-corrected chi connectivity index (χ0v) is 14.3. The first-order valence-corrected chi connectivity index (χ1v) is 7.91. The molecule has 0 spiro atoms. The van der Waals surface area contributed by atoms with Crippen LogP contribution in [0.1, 0.15) is 9.67 Å². The van der Waals surface area contributed by atoms with E-state index in [-0.39, 0.29) is 17.2 Å². The second-order valence-electron chi connectivity index (χ2n) is 4.88. The molecule has 1 aromatic carbocycles. The van der Waals surface area contributed by atoms with Crippen LogP contribution in [0.3, 0.4) is 0 Å². The van der Waals surface area contributed by atoms with Gasteiger partial charge in [-0.15, -0.1) is 11.3 Å². The van der Waals surface area contributed by atoms with Gasteiger partial charge in [0.15, 0.2) is 6.61 Å². The average Bonchev–Trinajstić information content (AvgIpc) is 3.03. The number of primary amides is 1. The fourth-order valence-electron chi connectivity index (χ4n) is 1.92. The first-order chi connectivity index (χ1) is 12.3. The monoisotopic (exact) mass is 378 g/mol. The van der Waals surface area contributed by atoms with Gasteiger partial charge in [-0.2, -0.15) is 0 Å². The average molecular weight is 378 g/mol.